The molecule has 1 atom stereocenters. The molecule has 9 nitrogen and oxygen atoms in total. The van der Waals surface area contributed by atoms with E-state index in [2.05, 4.69) is 15.6 Å². The number of guanidine groups is 1. The lowest BCUT2D eigenvalue weighted by Gasteiger charge is -2.40. The molecule has 3 rings (SSSR count). The third-order valence-corrected chi connectivity index (χ3v) is 6.91. The number of benzene rings is 1. The second-order valence-corrected chi connectivity index (χ2v) is 9.17. The number of methoxy groups -OCH3 is 1. The van der Waals surface area contributed by atoms with Gasteiger partial charge in [-0.3, -0.25) is 10.2 Å². The van der Waals surface area contributed by atoms with Gasteiger partial charge in [-0.1, -0.05) is 11.6 Å². The van der Waals surface area contributed by atoms with E-state index in [1.165, 1.54) is 26.4 Å². The van der Waals surface area contributed by atoms with Gasteiger partial charge < -0.3 is 15.4 Å². The van der Waals surface area contributed by atoms with Crippen molar-refractivity contribution >= 4 is 39.2 Å². The van der Waals surface area contributed by atoms with E-state index in [9.17, 15) is 13.2 Å². The number of sulfonamides is 1. The molecule has 3 N–H and O–H groups in total. The summed E-state index contributed by atoms with van der Waals surface area (Å²) in [7, 11) is -0.877. The summed E-state index contributed by atoms with van der Waals surface area (Å²) >= 11 is 6.33. The van der Waals surface area contributed by atoms with Crippen LogP contribution in [0.2, 0.25) is 5.02 Å². The van der Waals surface area contributed by atoms with Gasteiger partial charge in [-0.05, 0) is 42.8 Å². The summed E-state index contributed by atoms with van der Waals surface area (Å²) in [5.41, 5.74) is -0.0900. The number of hydrogen-bond donors (Lipinski definition) is 3. The molecule has 1 amide bonds. The molecular weight excluding hydrogens is 418 g/mol. The topological polar surface area (TPSA) is 124 Å². The van der Waals surface area contributed by atoms with Crippen molar-refractivity contribution in [2.75, 3.05) is 25.2 Å². The number of amides is 1. The summed E-state index contributed by atoms with van der Waals surface area (Å²) in [4.78, 5) is 16.5. The quantitative estimate of drug-likeness (QED) is 0.672. The third-order valence-electron chi connectivity index (χ3n) is 4.62. The summed E-state index contributed by atoms with van der Waals surface area (Å²) in [5.74, 6) is -0.467. The van der Waals surface area contributed by atoms with Gasteiger partial charge in [0.25, 0.3) is 5.91 Å². The average molecular weight is 438 g/mol. The van der Waals surface area contributed by atoms with E-state index in [0.717, 1.165) is 4.31 Å². The average Bonchev–Trinajstić information content (AvgIpc) is 2.67. The van der Waals surface area contributed by atoms with Crippen LogP contribution in [0, 0.1) is 5.41 Å². The maximum Gasteiger partial charge on any atom is 0.274 e. The monoisotopic (exact) mass is 437 g/mol. The molecule has 29 heavy (non-hydrogen) atoms. The minimum Gasteiger partial charge on any atom is -0.495 e. The third kappa shape index (κ3) is 4.13. The number of nitrogens with zero attached hydrogens (tertiary/aromatic N) is 2. The SMILES string of the molecule is COc1ccc(C(=O)Nc2ccc(Cl)c([C@]3(C)CS(=O)(=O)N(C)C(=N)N3)c2)nc1. The zero-order chi connectivity index (χ0) is 21.4. The summed E-state index contributed by atoms with van der Waals surface area (Å²) in [5, 5.41) is 13.9. The lowest BCUT2D eigenvalue weighted by atomic mass is 9.93. The maximum absolute atomic E-state index is 12.5. The molecular formula is C18H20ClN5O4S. The number of hydrogen-bond acceptors (Lipinski definition) is 6. The Balaban J connectivity index is 1.90. The van der Waals surface area contributed by atoms with E-state index >= 15 is 0 Å². The number of ether oxygens (including phenoxy) is 1. The number of rotatable bonds is 4. The largest absolute Gasteiger partial charge is 0.495 e. The molecule has 11 heteroatoms. The van der Waals surface area contributed by atoms with Crippen LogP contribution in [0.15, 0.2) is 36.5 Å². The fourth-order valence-corrected chi connectivity index (χ4v) is 4.78. The number of carbonyl (C=O) groups is 1. The molecule has 0 saturated carbocycles. The molecule has 0 radical (unpaired) electrons. The first kappa shape index (κ1) is 20.9. The van der Waals surface area contributed by atoms with E-state index in [0.29, 0.717) is 22.0 Å². The molecule has 1 aliphatic rings. The van der Waals surface area contributed by atoms with Gasteiger partial charge in [-0.25, -0.2) is 17.7 Å². The summed E-state index contributed by atoms with van der Waals surface area (Å²) in [6.07, 6.45) is 1.43. The summed E-state index contributed by atoms with van der Waals surface area (Å²) in [6.45, 7) is 1.64. The Kier molecular flexibility index (Phi) is 5.42. The summed E-state index contributed by atoms with van der Waals surface area (Å²) < 4.78 is 30.7. The van der Waals surface area contributed by atoms with E-state index in [1.54, 1.807) is 31.2 Å². The van der Waals surface area contributed by atoms with Crippen molar-refractivity contribution in [2.24, 2.45) is 0 Å². The van der Waals surface area contributed by atoms with Crippen LogP contribution >= 0.6 is 11.6 Å². The summed E-state index contributed by atoms with van der Waals surface area (Å²) in [6, 6.07) is 7.90. The number of anilines is 1. The molecule has 1 aliphatic heterocycles. The Morgan fingerprint density at radius 1 is 1.38 bits per heavy atom. The number of aromatic nitrogens is 1. The fourth-order valence-electron chi connectivity index (χ4n) is 2.98. The van der Waals surface area contributed by atoms with Crippen LogP contribution < -0.4 is 15.4 Å². The van der Waals surface area contributed by atoms with Crippen LogP contribution in [-0.2, 0) is 15.6 Å². The minimum atomic E-state index is -3.69. The van der Waals surface area contributed by atoms with Crippen LogP contribution in [0.1, 0.15) is 23.0 Å². The first-order valence-corrected chi connectivity index (χ1v) is 10.5. The Bertz CT molecular complexity index is 1070. The lowest BCUT2D eigenvalue weighted by molar-refractivity contribution is 0.102. The molecule has 2 heterocycles. The molecule has 1 aromatic heterocycles. The maximum atomic E-state index is 12.5. The highest BCUT2D eigenvalue weighted by molar-refractivity contribution is 7.89. The number of carbonyl (C=O) groups excluding carboxylic acids is 1. The molecule has 1 saturated heterocycles. The predicted octanol–water partition coefficient (Wildman–Crippen LogP) is 2.01. The van der Waals surface area contributed by atoms with Gasteiger partial charge in [0.15, 0.2) is 0 Å². The van der Waals surface area contributed by atoms with Gasteiger partial charge in [0.1, 0.15) is 11.4 Å². The van der Waals surface area contributed by atoms with Gasteiger partial charge in [0.05, 0.1) is 24.6 Å². The zero-order valence-corrected chi connectivity index (χ0v) is 17.6. The van der Waals surface area contributed by atoms with Gasteiger partial charge in [0.2, 0.25) is 16.0 Å². The van der Waals surface area contributed by atoms with Crippen molar-refractivity contribution in [3.05, 3.63) is 52.8 Å². The van der Waals surface area contributed by atoms with Crippen LogP contribution in [0.5, 0.6) is 5.75 Å². The highest BCUT2D eigenvalue weighted by Crippen LogP contribution is 2.34. The molecule has 0 spiro atoms. The second-order valence-electron chi connectivity index (χ2n) is 6.76. The van der Waals surface area contributed by atoms with Gasteiger partial charge in [-0.2, -0.15) is 0 Å². The Hall–Kier alpha value is -2.85. The minimum absolute atomic E-state index is 0.190. The lowest BCUT2D eigenvalue weighted by Crippen LogP contribution is -2.60. The van der Waals surface area contributed by atoms with Gasteiger partial charge >= 0.3 is 0 Å². The number of pyridine rings is 1. The van der Waals surface area contributed by atoms with Crippen LogP contribution in [0.25, 0.3) is 0 Å². The van der Waals surface area contributed by atoms with Crippen molar-refractivity contribution in [2.45, 2.75) is 12.5 Å². The normalized spacial score (nSPS) is 20.7. The van der Waals surface area contributed by atoms with E-state index in [-0.39, 0.29) is 17.4 Å². The van der Waals surface area contributed by atoms with Crippen molar-refractivity contribution in [3.8, 4) is 5.75 Å². The van der Waals surface area contributed by atoms with Crippen LogP contribution in [0.3, 0.4) is 0 Å². The smallest absolute Gasteiger partial charge is 0.274 e. The molecule has 0 bridgehead atoms. The van der Waals surface area contributed by atoms with E-state index in [4.69, 9.17) is 21.7 Å². The van der Waals surface area contributed by atoms with Crippen molar-refractivity contribution < 1.29 is 17.9 Å². The first-order chi connectivity index (χ1) is 13.6. The first-order valence-electron chi connectivity index (χ1n) is 8.50. The second kappa shape index (κ2) is 7.53. The van der Waals surface area contributed by atoms with Gasteiger partial charge in [-0.15, -0.1) is 0 Å². The van der Waals surface area contributed by atoms with Crippen molar-refractivity contribution in [3.63, 3.8) is 0 Å². The molecule has 154 valence electrons. The predicted molar refractivity (Wildman–Crippen MR) is 110 cm³/mol. The van der Waals surface area contributed by atoms with Crippen LogP contribution in [-0.4, -0.2) is 49.5 Å². The molecule has 2 aromatic rings. The van der Waals surface area contributed by atoms with E-state index < -0.39 is 21.5 Å². The highest BCUT2D eigenvalue weighted by atomic mass is 35.5. The fraction of sp³-hybridized carbons (Fsp3) is 0.278. The molecule has 1 fully saturated rings. The Labute approximate surface area is 173 Å². The standard InChI is InChI=1S/C18H20ClN5O4S/c1-18(10-29(26,27)24(2)17(20)23-18)13-8-11(4-6-14(13)19)22-16(25)15-7-5-12(28-3)9-21-15/h4-9H,10H2,1-3H3,(H2,20,23)(H,22,25)/t18-/m0/s1. The Morgan fingerprint density at radius 2 is 2.10 bits per heavy atom. The number of halogens is 1. The van der Waals surface area contributed by atoms with E-state index in [1.807, 2.05) is 0 Å². The van der Waals surface area contributed by atoms with Gasteiger partial charge in [0, 0.05) is 17.8 Å². The molecule has 0 unspecified atom stereocenters. The zero-order valence-electron chi connectivity index (χ0n) is 16.0. The Morgan fingerprint density at radius 3 is 2.69 bits per heavy atom. The van der Waals surface area contributed by atoms with Crippen molar-refractivity contribution in [1.82, 2.24) is 14.6 Å². The highest BCUT2D eigenvalue weighted by Gasteiger charge is 2.43. The molecule has 1 aromatic carbocycles. The van der Waals surface area contributed by atoms with Crippen molar-refractivity contribution in [1.29, 1.82) is 5.41 Å². The number of nitrogens with one attached hydrogen (secondary N) is 3. The molecule has 0 aliphatic carbocycles. The van der Waals surface area contributed by atoms with Crippen LogP contribution in [0.4, 0.5) is 5.69 Å².